The number of likely N-dealkylation sites (tertiary alicyclic amines) is 1. The van der Waals surface area contributed by atoms with Gasteiger partial charge in [-0.15, -0.1) is 0 Å². The SMILES string of the molecule is CC(C)C.CC1(C)C2(CCC2)C12CC(C(=O)NCC(O)C(=O)NC1CC1)N(C(=O)CN)C2.CCC. The Hall–Kier alpha value is -1.67. The zero-order valence-corrected chi connectivity index (χ0v) is 23.1. The summed E-state index contributed by atoms with van der Waals surface area (Å²) in [5, 5.41) is 15.4. The molecule has 0 aromatic carbocycles. The Morgan fingerprint density at radius 2 is 1.63 bits per heavy atom. The molecular weight excluding hydrogens is 444 g/mol. The molecule has 3 saturated carbocycles. The predicted octanol–water partition coefficient (Wildman–Crippen LogP) is 2.58. The highest BCUT2D eigenvalue weighted by molar-refractivity contribution is 5.90. The molecule has 3 aliphatic carbocycles. The van der Waals surface area contributed by atoms with Crippen LogP contribution in [0, 0.1) is 22.2 Å². The number of aliphatic hydroxyl groups is 1. The molecule has 1 heterocycles. The number of carbonyl (C=O) groups excluding carboxylic acids is 3. The van der Waals surface area contributed by atoms with Gasteiger partial charge in [0.15, 0.2) is 0 Å². The molecule has 4 fully saturated rings. The van der Waals surface area contributed by atoms with Crippen molar-refractivity contribution >= 4 is 17.7 Å². The molecule has 0 radical (unpaired) electrons. The third-order valence-electron chi connectivity index (χ3n) is 8.31. The lowest BCUT2D eigenvalue weighted by Crippen LogP contribution is -2.50. The average molecular weight is 495 g/mol. The van der Waals surface area contributed by atoms with Crippen LogP contribution in [0.4, 0.5) is 0 Å². The Morgan fingerprint density at radius 3 is 2.03 bits per heavy atom. The van der Waals surface area contributed by atoms with Gasteiger partial charge in [-0.2, -0.15) is 0 Å². The van der Waals surface area contributed by atoms with Crippen molar-refractivity contribution in [1.29, 1.82) is 0 Å². The Morgan fingerprint density at radius 1 is 1.09 bits per heavy atom. The van der Waals surface area contributed by atoms with Crippen LogP contribution in [0.2, 0.25) is 0 Å². The lowest BCUT2D eigenvalue weighted by molar-refractivity contribution is -0.138. The molecule has 4 aliphatic rings. The van der Waals surface area contributed by atoms with Gasteiger partial charge in [0.1, 0.15) is 12.1 Å². The van der Waals surface area contributed by atoms with Crippen molar-refractivity contribution in [3.8, 4) is 0 Å². The third-order valence-corrected chi connectivity index (χ3v) is 8.31. The number of aliphatic hydroxyl groups excluding tert-OH is 1. The first kappa shape index (κ1) is 29.6. The van der Waals surface area contributed by atoms with Gasteiger partial charge in [0.25, 0.3) is 5.91 Å². The van der Waals surface area contributed by atoms with Crippen LogP contribution in [-0.2, 0) is 14.4 Å². The highest BCUT2D eigenvalue weighted by atomic mass is 16.3. The van der Waals surface area contributed by atoms with Crippen molar-refractivity contribution in [3.63, 3.8) is 0 Å². The van der Waals surface area contributed by atoms with E-state index in [0.29, 0.717) is 13.0 Å². The number of nitrogens with zero attached hydrogens (tertiary/aromatic N) is 1. The van der Waals surface area contributed by atoms with Crippen molar-refractivity contribution in [1.82, 2.24) is 15.5 Å². The van der Waals surface area contributed by atoms with Gasteiger partial charge in [-0.25, -0.2) is 0 Å². The topological polar surface area (TPSA) is 125 Å². The van der Waals surface area contributed by atoms with Crippen molar-refractivity contribution in [2.75, 3.05) is 19.6 Å². The first-order valence-electron chi connectivity index (χ1n) is 13.6. The van der Waals surface area contributed by atoms with Crippen LogP contribution in [0.3, 0.4) is 0 Å². The van der Waals surface area contributed by atoms with Gasteiger partial charge in [0, 0.05) is 18.0 Å². The second-order valence-corrected chi connectivity index (χ2v) is 12.1. The largest absolute Gasteiger partial charge is 0.381 e. The standard InChI is InChI=1S/C20H32N4O4.C4H10.C3H8/c1-18(2)19(6-3-7-19)20(18)8-13(24(11-20)15(26)9-21)16(27)22-10-14(25)17(28)23-12-4-5-12;1-4(2)3;1-3-2/h12-14,25H,3-11,21H2,1-2H3,(H,22,27)(H,23,28);4H,1-3H3;3H2,1-2H3. The number of hydrogen-bond donors (Lipinski definition) is 4. The normalized spacial score (nSPS) is 27.7. The lowest BCUT2D eigenvalue weighted by atomic mass is 9.73. The first-order valence-corrected chi connectivity index (χ1v) is 13.6. The van der Waals surface area contributed by atoms with Crippen LogP contribution in [0.5, 0.6) is 0 Å². The molecule has 35 heavy (non-hydrogen) atoms. The highest BCUT2D eigenvalue weighted by Gasteiger charge is 2.85. The number of amides is 3. The number of rotatable bonds is 6. The molecule has 4 rings (SSSR count). The van der Waals surface area contributed by atoms with E-state index in [4.69, 9.17) is 5.73 Å². The molecular formula is C27H50N4O4. The number of hydrogen-bond acceptors (Lipinski definition) is 5. The summed E-state index contributed by atoms with van der Waals surface area (Å²) < 4.78 is 0. The van der Waals surface area contributed by atoms with Crippen LogP contribution in [0.25, 0.3) is 0 Å². The number of nitrogens with two attached hydrogens (primary N) is 1. The van der Waals surface area contributed by atoms with Crippen molar-refractivity contribution in [2.24, 2.45) is 27.9 Å². The molecule has 3 atom stereocenters. The summed E-state index contributed by atoms with van der Waals surface area (Å²) in [5.74, 6) is -0.160. The van der Waals surface area contributed by atoms with E-state index in [9.17, 15) is 19.5 Å². The number of fused-ring (bicyclic) bond motifs is 1. The minimum Gasteiger partial charge on any atom is -0.381 e. The Kier molecular flexibility index (Phi) is 9.79. The van der Waals surface area contributed by atoms with E-state index in [1.54, 1.807) is 4.90 Å². The minimum atomic E-state index is -1.28. The lowest BCUT2D eigenvalue weighted by Gasteiger charge is -2.32. The van der Waals surface area contributed by atoms with E-state index in [-0.39, 0.29) is 47.2 Å². The van der Waals surface area contributed by atoms with E-state index in [1.807, 2.05) is 0 Å². The minimum absolute atomic E-state index is 0.0347. The van der Waals surface area contributed by atoms with Crippen LogP contribution in [0.15, 0.2) is 0 Å². The van der Waals surface area contributed by atoms with Crippen LogP contribution in [0.1, 0.15) is 93.4 Å². The van der Waals surface area contributed by atoms with E-state index >= 15 is 0 Å². The summed E-state index contributed by atoms with van der Waals surface area (Å²) in [7, 11) is 0. The predicted molar refractivity (Wildman–Crippen MR) is 138 cm³/mol. The van der Waals surface area contributed by atoms with E-state index in [1.165, 1.54) is 12.8 Å². The molecule has 1 aliphatic heterocycles. The molecule has 5 N–H and O–H groups in total. The fourth-order valence-corrected chi connectivity index (χ4v) is 6.14. The fourth-order valence-electron chi connectivity index (χ4n) is 6.14. The van der Waals surface area contributed by atoms with Crippen molar-refractivity contribution in [2.45, 2.75) is 112 Å². The smallest absolute Gasteiger partial charge is 0.250 e. The maximum atomic E-state index is 12.9. The van der Waals surface area contributed by atoms with E-state index in [0.717, 1.165) is 31.6 Å². The molecule has 0 aromatic rings. The van der Waals surface area contributed by atoms with Gasteiger partial charge in [0.2, 0.25) is 11.8 Å². The van der Waals surface area contributed by atoms with Crippen LogP contribution in [-0.4, -0.2) is 65.5 Å². The molecule has 0 bridgehead atoms. The summed E-state index contributed by atoms with van der Waals surface area (Å²) in [6.45, 7) is 15.5. The average Bonchev–Trinajstić information content (AvgIpc) is 3.56. The van der Waals surface area contributed by atoms with Crippen LogP contribution >= 0.6 is 0 Å². The monoisotopic (exact) mass is 494 g/mol. The molecule has 3 unspecified atom stereocenters. The zero-order chi connectivity index (χ0) is 26.6. The summed E-state index contributed by atoms with van der Waals surface area (Å²) in [4.78, 5) is 38.9. The summed E-state index contributed by atoms with van der Waals surface area (Å²) in [5.41, 5.74) is 5.90. The Labute approximate surface area is 212 Å². The van der Waals surface area contributed by atoms with Gasteiger partial charge < -0.3 is 26.4 Å². The summed E-state index contributed by atoms with van der Waals surface area (Å²) in [6, 6.07) is -0.435. The maximum Gasteiger partial charge on any atom is 0.250 e. The van der Waals surface area contributed by atoms with Crippen molar-refractivity contribution < 1.29 is 19.5 Å². The molecule has 3 amide bonds. The molecule has 202 valence electrons. The maximum absolute atomic E-state index is 12.9. The molecule has 8 nitrogen and oxygen atoms in total. The van der Waals surface area contributed by atoms with Crippen LogP contribution < -0.4 is 16.4 Å². The number of nitrogens with one attached hydrogen (secondary N) is 2. The molecule has 1 saturated heterocycles. The molecule has 2 spiro atoms. The van der Waals surface area contributed by atoms with Crippen molar-refractivity contribution in [3.05, 3.63) is 0 Å². The van der Waals surface area contributed by atoms with Gasteiger partial charge >= 0.3 is 0 Å². The second-order valence-electron chi connectivity index (χ2n) is 12.1. The summed E-state index contributed by atoms with van der Waals surface area (Å²) in [6.07, 6.45) is 5.97. The molecule has 8 heteroatoms. The van der Waals surface area contributed by atoms with Gasteiger partial charge in [-0.1, -0.05) is 61.3 Å². The van der Waals surface area contributed by atoms with E-state index in [2.05, 4.69) is 59.1 Å². The quantitative estimate of drug-likeness (QED) is 0.452. The Balaban J connectivity index is 0.000000551. The molecule has 0 aromatic heterocycles. The number of carbonyl (C=O) groups is 3. The van der Waals surface area contributed by atoms with E-state index < -0.39 is 18.1 Å². The first-order chi connectivity index (χ1) is 16.3. The third kappa shape index (κ3) is 5.85. The van der Waals surface area contributed by atoms with Gasteiger partial charge in [-0.3, -0.25) is 14.4 Å². The Bertz CT molecular complexity index is 758. The second kappa shape index (κ2) is 11.6. The van der Waals surface area contributed by atoms with Gasteiger partial charge in [-0.05, 0) is 48.9 Å². The zero-order valence-electron chi connectivity index (χ0n) is 23.1. The fraction of sp³-hybridized carbons (Fsp3) is 0.889. The summed E-state index contributed by atoms with van der Waals surface area (Å²) >= 11 is 0. The highest BCUT2D eigenvalue weighted by Crippen LogP contribution is 2.88. The van der Waals surface area contributed by atoms with Gasteiger partial charge in [0.05, 0.1) is 13.1 Å².